The Labute approximate surface area is 191 Å². The fourth-order valence-corrected chi connectivity index (χ4v) is 6.09. The summed E-state index contributed by atoms with van der Waals surface area (Å²) in [4.78, 5) is 18.5. The normalized spacial score (nSPS) is 19.4. The van der Waals surface area contributed by atoms with E-state index in [4.69, 9.17) is 4.98 Å². The van der Waals surface area contributed by atoms with Gasteiger partial charge in [0.15, 0.2) is 0 Å². The van der Waals surface area contributed by atoms with Crippen molar-refractivity contribution in [3.63, 3.8) is 0 Å². The summed E-state index contributed by atoms with van der Waals surface area (Å²) in [6.07, 6.45) is 2.38. The van der Waals surface area contributed by atoms with Crippen LogP contribution in [0.5, 0.6) is 0 Å². The molecule has 3 N–H and O–H groups in total. The van der Waals surface area contributed by atoms with Gasteiger partial charge in [0, 0.05) is 33.6 Å². The first-order valence-corrected chi connectivity index (χ1v) is 12.2. The van der Waals surface area contributed by atoms with Crippen molar-refractivity contribution in [2.45, 2.75) is 31.7 Å². The van der Waals surface area contributed by atoms with E-state index < -0.39 is 0 Å². The van der Waals surface area contributed by atoms with Crippen LogP contribution >= 0.6 is 11.3 Å². The molecule has 1 fully saturated rings. The summed E-state index contributed by atoms with van der Waals surface area (Å²) in [5.74, 6) is 0.628. The van der Waals surface area contributed by atoms with Gasteiger partial charge in [0.25, 0.3) is 5.91 Å². The lowest BCUT2D eigenvalue weighted by Crippen LogP contribution is -2.34. The van der Waals surface area contributed by atoms with E-state index >= 15 is 0 Å². The molecule has 6 heteroatoms. The summed E-state index contributed by atoms with van der Waals surface area (Å²) in [6.45, 7) is 4.92. The van der Waals surface area contributed by atoms with E-state index in [9.17, 15) is 4.79 Å². The van der Waals surface area contributed by atoms with E-state index in [1.54, 1.807) is 11.3 Å². The number of hydrogen-bond donors (Lipinski definition) is 3. The maximum Gasteiger partial charge on any atom is 0.263 e. The number of pyridine rings is 1. The molecule has 0 radical (unpaired) electrons. The number of fused-ring (bicyclic) bond motifs is 5. The molecule has 1 saturated heterocycles. The summed E-state index contributed by atoms with van der Waals surface area (Å²) in [5, 5.41) is 12.2. The molecule has 0 bridgehead atoms. The average molecular weight is 443 g/mol. The number of rotatable bonds is 2. The van der Waals surface area contributed by atoms with Gasteiger partial charge in [-0.2, -0.15) is 0 Å². The molecule has 0 aliphatic carbocycles. The zero-order chi connectivity index (χ0) is 21.7. The predicted octanol–water partition coefficient (Wildman–Crippen LogP) is 5.13. The second kappa shape index (κ2) is 7.87. The quantitative estimate of drug-likeness (QED) is 0.403. The first kappa shape index (κ1) is 19.7. The number of carbonyl (C=O) groups is 1. The standard InChI is InChI=1S/C26H26N4OS/c1-15-14-28-24-23-19-5-6-20(18-4-2-3-17(13-18)16-9-11-27-12-10-16)30-21(19)7-8-22(23)32-25(24)26(31)29-15/h2-8,13,15-16,27-28H,9-12,14H2,1H3,(H,29,31)/t15-/m1/s1. The van der Waals surface area contributed by atoms with Gasteiger partial charge in [0.1, 0.15) is 4.88 Å². The molecule has 2 aromatic carbocycles. The number of piperidine rings is 1. The molecule has 2 aromatic heterocycles. The zero-order valence-electron chi connectivity index (χ0n) is 18.1. The first-order chi connectivity index (χ1) is 15.7. The van der Waals surface area contributed by atoms with Crippen molar-refractivity contribution in [3.8, 4) is 11.3 Å². The van der Waals surface area contributed by atoms with Gasteiger partial charge in [-0.05, 0) is 74.7 Å². The molecule has 1 amide bonds. The zero-order valence-corrected chi connectivity index (χ0v) is 18.9. The van der Waals surface area contributed by atoms with Crippen molar-refractivity contribution < 1.29 is 4.79 Å². The SMILES string of the molecule is C[C@@H]1CNc2c(sc3ccc4nc(-c5cccc(C6CCNCC6)c5)ccc4c23)C(=O)N1. The van der Waals surface area contributed by atoms with Crippen molar-refractivity contribution in [2.24, 2.45) is 0 Å². The van der Waals surface area contributed by atoms with Crippen LogP contribution in [0.1, 0.15) is 40.9 Å². The van der Waals surface area contributed by atoms with Gasteiger partial charge in [0.05, 0.1) is 16.9 Å². The third-order valence-corrected chi connectivity index (χ3v) is 7.84. The van der Waals surface area contributed by atoms with Gasteiger partial charge in [-0.3, -0.25) is 4.79 Å². The largest absolute Gasteiger partial charge is 0.381 e. The molecule has 1 atom stereocenters. The Balaban J connectivity index is 1.44. The number of thiophene rings is 1. The first-order valence-electron chi connectivity index (χ1n) is 11.4. The van der Waals surface area contributed by atoms with Gasteiger partial charge in [-0.1, -0.05) is 18.2 Å². The van der Waals surface area contributed by atoms with Crippen molar-refractivity contribution in [1.29, 1.82) is 0 Å². The number of nitrogens with one attached hydrogen (secondary N) is 3. The average Bonchev–Trinajstić information content (AvgIpc) is 3.16. The molecule has 2 aliphatic heterocycles. The van der Waals surface area contributed by atoms with E-state index in [1.807, 2.05) is 6.92 Å². The maximum absolute atomic E-state index is 12.7. The highest BCUT2D eigenvalue weighted by atomic mass is 32.1. The molecule has 6 rings (SSSR count). The Morgan fingerprint density at radius 2 is 1.94 bits per heavy atom. The maximum atomic E-state index is 12.7. The number of hydrogen-bond acceptors (Lipinski definition) is 5. The van der Waals surface area contributed by atoms with Gasteiger partial charge in [-0.15, -0.1) is 11.3 Å². The van der Waals surface area contributed by atoms with Gasteiger partial charge in [0.2, 0.25) is 0 Å². The number of nitrogens with zero attached hydrogens (tertiary/aromatic N) is 1. The van der Waals surface area contributed by atoms with Crippen LogP contribution in [0.25, 0.3) is 32.2 Å². The van der Waals surface area contributed by atoms with Crippen molar-refractivity contribution >= 4 is 43.9 Å². The molecular weight excluding hydrogens is 416 g/mol. The van der Waals surface area contributed by atoms with Gasteiger partial charge < -0.3 is 16.0 Å². The van der Waals surface area contributed by atoms with Crippen LogP contribution in [-0.4, -0.2) is 36.6 Å². The van der Waals surface area contributed by atoms with Crippen LogP contribution in [-0.2, 0) is 0 Å². The second-order valence-electron chi connectivity index (χ2n) is 8.91. The third-order valence-electron chi connectivity index (χ3n) is 6.68. The van der Waals surface area contributed by atoms with E-state index in [0.29, 0.717) is 5.92 Å². The number of carbonyl (C=O) groups excluding carboxylic acids is 1. The summed E-state index contributed by atoms with van der Waals surface area (Å²) < 4.78 is 1.11. The lowest BCUT2D eigenvalue weighted by molar-refractivity contribution is 0.0949. The molecule has 4 aromatic rings. The van der Waals surface area contributed by atoms with Crippen molar-refractivity contribution in [2.75, 3.05) is 25.0 Å². The molecule has 5 nitrogen and oxygen atoms in total. The number of aromatic nitrogens is 1. The Bertz CT molecular complexity index is 1340. The van der Waals surface area contributed by atoms with Crippen molar-refractivity contribution in [1.82, 2.24) is 15.6 Å². The van der Waals surface area contributed by atoms with Crippen LogP contribution in [0, 0.1) is 0 Å². The summed E-state index contributed by atoms with van der Waals surface area (Å²) in [7, 11) is 0. The van der Waals surface area contributed by atoms with Crippen molar-refractivity contribution in [3.05, 3.63) is 59.0 Å². The Kier molecular flexibility index (Phi) is 4.85. The van der Waals surface area contributed by atoms with Crippen LogP contribution in [0.2, 0.25) is 0 Å². The van der Waals surface area contributed by atoms with E-state index in [2.05, 4.69) is 64.5 Å². The smallest absolute Gasteiger partial charge is 0.263 e. The highest BCUT2D eigenvalue weighted by Crippen LogP contribution is 2.41. The topological polar surface area (TPSA) is 66.0 Å². The second-order valence-corrected chi connectivity index (χ2v) is 9.97. The number of anilines is 1. The third kappa shape index (κ3) is 3.34. The fourth-order valence-electron chi connectivity index (χ4n) is 4.99. The van der Waals surface area contributed by atoms with E-state index in [1.165, 1.54) is 24.0 Å². The lowest BCUT2D eigenvalue weighted by atomic mass is 9.89. The van der Waals surface area contributed by atoms with Crippen LogP contribution in [0.15, 0.2) is 48.5 Å². The fraction of sp³-hybridized carbons (Fsp3) is 0.308. The van der Waals surface area contributed by atoms with E-state index in [0.717, 1.165) is 56.9 Å². The van der Waals surface area contributed by atoms with Gasteiger partial charge >= 0.3 is 0 Å². The van der Waals surface area contributed by atoms with Crippen LogP contribution in [0.4, 0.5) is 5.69 Å². The summed E-state index contributed by atoms with van der Waals surface area (Å²) in [6, 6.07) is 17.4. The van der Waals surface area contributed by atoms with Crippen LogP contribution in [0.3, 0.4) is 0 Å². The lowest BCUT2D eigenvalue weighted by Gasteiger charge is -2.23. The molecule has 162 valence electrons. The minimum atomic E-state index is 0.00570. The Morgan fingerprint density at radius 1 is 1.06 bits per heavy atom. The van der Waals surface area contributed by atoms with Gasteiger partial charge in [-0.25, -0.2) is 4.98 Å². The Hall–Kier alpha value is -2.96. The number of benzene rings is 2. The van der Waals surface area contributed by atoms with Crippen LogP contribution < -0.4 is 16.0 Å². The Morgan fingerprint density at radius 3 is 2.81 bits per heavy atom. The highest BCUT2D eigenvalue weighted by molar-refractivity contribution is 7.21. The highest BCUT2D eigenvalue weighted by Gasteiger charge is 2.25. The minimum Gasteiger partial charge on any atom is -0.381 e. The molecule has 0 spiro atoms. The molecular formula is C26H26N4OS. The molecule has 0 saturated carbocycles. The summed E-state index contributed by atoms with van der Waals surface area (Å²) >= 11 is 1.55. The summed E-state index contributed by atoms with van der Waals surface area (Å²) in [5.41, 5.74) is 5.47. The molecule has 2 aliphatic rings. The molecule has 4 heterocycles. The predicted molar refractivity (Wildman–Crippen MR) is 133 cm³/mol. The molecule has 32 heavy (non-hydrogen) atoms. The monoisotopic (exact) mass is 442 g/mol. The molecule has 0 unspecified atom stereocenters. The van der Waals surface area contributed by atoms with E-state index in [-0.39, 0.29) is 11.9 Å². The number of amides is 1. The minimum absolute atomic E-state index is 0.00570.